The Morgan fingerprint density at radius 2 is 1.96 bits per heavy atom. The quantitative estimate of drug-likeness (QED) is 0.586. The van der Waals surface area contributed by atoms with Gasteiger partial charge in [-0.2, -0.15) is 5.10 Å². The number of imidazole rings is 1. The second-order valence-corrected chi connectivity index (χ2v) is 6.57. The highest BCUT2D eigenvalue weighted by Gasteiger charge is 2.10. The SMILES string of the molecule is CN1CCN(N=Cc2ccc(CNCCCn3ccnc3)cc2)CC1. The standard InChI is InChI=1S/C19H28N6/c1-23-11-13-25(14-12-23)22-16-19-5-3-18(4-6-19)15-20-7-2-9-24-10-8-21-17-24/h3-6,8,10,16-17,20H,2,7,9,11-15H2,1H3. The highest BCUT2D eigenvalue weighted by atomic mass is 15.5. The van der Waals surface area contributed by atoms with Gasteiger partial charge in [-0.15, -0.1) is 0 Å². The minimum Gasteiger partial charge on any atom is -0.337 e. The summed E-state index contributed by atoms with van der Waals surface area (Å²) < 4.78 is 2.11. The lowest BCUT2D eigenvalue weighted by Gasteiger charge is -2.30. The Morgan fingerprint density at radius 3 is 2.68 bits per heavy atom. The van der Waals surface area contributed by atoms with Crippen molar-refractivity contribution in [2.45, 2.75) is 19.5 Å². The zero-order valence-corrected chi connectivity index (χ0v) is 15.0. The predicted octanol–water partition coefficient (Wildman–Crippen LogP) is 1.64. The first-order chi connectivity index (χ1) is 12.3. The van der Waals surface area contributed by atoms with Gasteiger partial charge in [0.05, 0.1) is 12.5 Å². The molecule has 6 heteroatoms. The molecule has 6 nitrogen and oxygen atoms in total. The molecule has 1 aliphatic rings. The fourth-order valence-corrected chi connectivity index (χ4v) is 2.82. The van der Waals surface area contributed by atoms with E-state index >= 15 is 0 Å². The molecule has 0 bridgehead atoms. The van der Waals surface area contributed by atoms with E-state index in [0.717, 1.165) is 57.8 Å². The number of rotatable bonds is 8. The topological polar surface area (TPSA) is 48.7 Å². The van der Waals surface area contributed by atoms with E-state index in [2.05, 4.69) is 61.2 Å². The highest BCUT2D eigenvalue weighted by Crippen LogP contribution is 2.04. The Morgan fingerprint density at radius 1 is 1.16 bits per heavy atom. The molecule has 0 spiro atoms. The third-order valence-corrected chi connectivity index (χ3v) is 4.49. The van der Waals surface area contributed by atoms with Gasteiger partial charge in [0.1, 0.15) is 0 Å². The predicted molar refractivity (Wildman–Crippen MR) is 102 cm³/mol. The van der Waals surface area contributed by atoms with E-state index in [1.807, 2.05) is 24.9 Å². The first-order valence-corrected chi connectivity index (χ1v) is 9.02. The summed E-state index contributed by atoms with van der Waals surface area (Å²) in [5.74, 6) is 0. The van der Waals surface area contributed by atoms with E-state index < -0.39 is 0 Å². The molecule has 0 unspecified atom stereocenters. The van der Waals surface area contributed by atoms with Gasteiger partial charge in [-0.3, -0.25) is 5.01 Å². The molecule has 1 N–H and O–H groups in total. The Kier molecular flexibility index (Phi) is 6.59. The second kappa shape index (κ2) is 9.34. The van der Waals surface area contributed by atoms with Gasteiger partial charge in [-0.1, -0.05) is 24.3 Å². The van der Waals surface area contributed by atoms with Crippen LogP contribution in [0.15, 0.2) is 48.1 Å². The molecule has 1 fully saturated rings. The fourth-order valence-electron chi connectivity index (χ4n) is 2.82. The van der Waals surface area contributed by atoms with Crippen molar-refractivity contribution in [1.29, 1.82) is 0 Å². The van der Waals surface area contributed by atoms with Crippen LogP contribution in [0.3, 0.4) is 0 Å². The monoisotopic (exact) mass is 340 g/mol. The number of likely N-dealkylation sites (N-methyl/N-ethyl adjacent to an activating group) is 1. The minimum atomic E-state index is 0.903. The molecule has 134 valence electrons. The van der Waals surface area contributed by atoms with Crippen molar-refractivity contribution in [3.8, 4) is 0 Å². The lowest BCUT2D eigenvalue weighted by molar-refractivity contribution is 0.159. The summed E-state index contributed by atoms with van der Waals surface area (Å²) in [5.41, 5.74) is 2.46. The van der Waals surface area contributed by atoms with Crippen molar-refractivity contribution in [2.24, 2.45) is 5.10 Å². The molecule has 1 aromatic carbocycles. The van der Waals surface area contributed by atoms with Gasteiger partial charge in [-0.25, -0.2) is 4.98 Å². The molecule has 0 aliphatic carbocycles. The number of piperazine rings is 1. The Hall–Kier alpha value is -2.18. The third-order valence-electron chi connectivity index (χ3n) is 4.49. The van der Waals surface area contributed by atoms with Crippen LogP contribution in [0.25, 0.3) is 0 Å². The summed E-state index contributed by atoms with van der Waals surface area (Å²) in [7, 11) is 2.16. The van der Waals surface area contributed by atoms with E-state index in [1.165, 1.54) is 5.56 Å². The summed E-state index contributed by atoms with van der Waals surface area (Å²) >= 11 is 0. The van der Waals surface area contributed by atoms with Crippen molar-refractivity contribution in [3.63, 3.8) is 0 Å². The summed E-state index contributed by atoms with van der Waals surface area (Å²) in [6.07, 6.45) is 8.76. The number of hydrogen-bond acceptors (Lipinski definition) is 5. The summed E-state index contributed by atoms with van der Waals surface area (Å²) in [4.78, 5) is 6.39. The van der Waals surface area contributed by atoms with E-state index in [-0.39, 0.29) is 0 Å². The van der Waals surface area contributed by atoms with Crippen LogP contribution >= 0.6 is 0 Å². The normalized spacial score (nSPS) is 16.0. The van der Waals surface area contributed by atoms with Crippen molar-refractivity contribution >= 4 is 6.21 Å². The number of hydrazone groups is 1. The van der Waals surface area contributed by atoms with Crippen molar-refractivity contribution in [1.82, 2.24) is 24.8 Å². The van der Waals surface area contributed by atoms with E-state index in [0.29, 0.717) is 0 Å². The van der Waals surface area contributed by atoms with Crippen LogP contribution in [-0.4, -0.2) is 65.4 Å². The van der Waals surface area contributed by atoms with Crippen LogP contribution in [0, 0.1) is 0 Å². The lowest BCUT2D eigenvalue weighted by atomic mass is 10.1. The zero-order valence-electron chi connectivity index (χ0n) is 15.0. The summed E-state index contributed by atoms with van der Waals surface area (Å²) in [6.45, 7) is 7.10. The molecule has 1 aromatic heterocycles. The molecule has 2 aromatic rings. The smallest absolute Gasteiger partial charge is 0.0945 e. The van der Waals surface area contributed by atoms with Gasteiger partial charge in [0.25, 0.3) is 0 Å². The highest BCUT2D eigenvalue weighted by molar-refractivity contribution is 5.79. The van der Waals surface area contributed by atoms with Crippen molar-refractivity contribution in [3.05, 3.63) is 54.1 Å². The lowest BCUT2D eigenvalue weighted by Crippen LogP contribution is -2.41. The van der Waals surface area contributed by atoms with Gasteiger partial charge >= 0.3 is 0 Å². The molecule has 1 aliphatic heterocycles. The molecular formula is C19H28N6. The molecular weight excluding hydrogens is 312 g/mol. The van der Waals surface area contributed by atoms with Crippen LogP contribution in [0.2, 0.25) is 0 Å². The fraction of sp³-hybridized carbons (Fsp3) is 0.474. The number of aromatic nitrogens is 2. The molecule has 0 amide bonds. The van der Waals surface area contributed by atoms with Gasteiger partial charge in [0, 0.05) is 51.7 Å². The number of benzene rings is 1. The number of aryl methyl sites for hydroxylation is 1. The maximum atomic E-state index is 4.59. The van der Waals surface area contributed by atoms with Crippen LogP contribution < -0.4 is 5.32 Å². The third kappa shape index (κ3) is 5.99. The molecule has 0 atom stereocenters. The molecule has 25 heavy (non-hydrogen) atoms. The van der Waals surface area contributed by atoms with Gasteiger partial charge in [0.15, 0.2) is 0 Å². The van der Waals surface area contributed by atoms with Crippen LogP contribution in [0.5, 0.6) is 0 Å². The number of nitrogens with zero attached hydrogens (tertiary/aromatic N) is 5. The average Bonchev–Trinajstić information content (AvgIpc) is 3.15. The molecule has 1 saturated heterocycles. The Bertz CT molecular complexity index is 626. The van der Waals surface area contributed by atoms with Crippen LogP contribution in [0.1, 0.15) is 17.5 Å². The van der Waals surface area contributed by atoms with Gasteiger partial charge < -0.3 is 14.8 Å². The summed E-state index contributed by atoms with van der Waals surface area (Å²) in [5, 5.41) is 10.2. The largest absolute Gasteiger partial charge is 0.337 e. The molecule has 0 saturated carbocycles. The molecule has 2 heterocycles. The minimum absolute atomic E-state index is 0.903. The number of hydrogen-bond donors (Lipinski definition) is 1. The van der Waals surface area contributed by atoms with Gasteiger partial charge in [-0.05, 0) is 31.1 Å². The second-order valence-electron chi connectivity index (χ2n) is 6.57. The van der Waals surface area contributed by atoms with Crippen molar-refractivity contribution in [2.75, 3.05) is 39.8 Å². The van der Waals surface area contributed by atoms with Crippen molar-refractivity contribution < 1.29 is 0 Å². The van der Waals surface area contributed by atoms with Gasteiger partial charge in [0.2, 0.25) is 0 Å². The first-order valence-electron chi connectivity index (χ1n) is 9.02. The molecule has 0 radical (unpaired) electrons. The van der Waals surface area contributed by atoms with Crippen LogP contribution in [-0.2, 0) is 13.1 Å². The van der Waals surface area contributed by atoms with E-state index in [1.54, 1.807) is 0 Å². The Balaban J connectivity index is 1.35. The first kappa shape index (κ1) is 17.6. The maximum Gasteiger partial charge on any atom is 0.0945 e. The van der Waals surface area contributed by atoms with E-state index in [4.69, 9.17) is 0 Å². The zero-order chi connectivity index (χ0) is 17.3. The number of nitrogens with one attached hydrogen (secondary N) is 1. The Labute approximate surface area is 150 Å². The summed E-state index contributed by atoms with van der Waals surface area (Å²) in [6, 6.07) is 8.63. The van der Waals surface area contributed by atoms with Crippen LogP contribution in [0.4, 0.5) is 0 Å². The maximum absolute atomic E-state index is 4.59. The average molecular weight is 340 g/mol. The molecule has 3 rings (SSSR count). The van der Waals surface area contributed by atoms with E-state index in [9.17, 15) is 0 Å².